The van der Waals surface area contributed by atoms with E-state index in [0.717, 1.165) is 18.1 Å². The second-order valence-electron chi connectivity index (χ2n) is 7.83. The lowest BCUT2D eigenvalue weighted by atomic mass is 9.94. The van der Waals surface area contributed by atoms with Crippen LogP contribution in [0.2, 0.25) is 15.1 Å². The van der Waals surface area contributed by atoms with E-state index >= 15 is 0 Å². The van der Waals surface area contributed by atoms with Crippen molar-refractivity contribution in [3.05, 3.63) is 97.7 Å². The van der Waals surface area contributed by atoms with E-state index in [2.05, 4.69) is 0 Å². The Bertz CT molecular complexity index is 1370. The first-order valence-corrected chi connectivity index (χ1v) is 11.7. The van der Waals surface area contributed by atoms with E-state index in [1.165, 1.54) is 36.3 Å². The van der Waals surface area contributed by atoms with Gasteiger partial charge in [-0.2, -0.15) is 0 Å². The van der Waals surface area contributed by atoms with Crippen molar-refractivity contribution < 1.29 is 23.8 Å². The van der Waals surface area contributed by atoms with Gasteiger partial charge in [0.2, 0.25) is 0 Å². The third-order valence-corrected chi connectivity index (χ3v) is 6.59. The number of ether oxygens (including phenoxy) is 1. The number of carbonyl (C=O) groups excluding carboxylic acids is 2. The highest BCUT2D eigenvalue weighted by atomic mass is 35.5. The molecule has 1 unspecified atom stereocenters. The van der Waals surface area contributed by atoms with Crippen LogP contribution in [-0.2, 0) is 16.0 Å². The Morgan fingerprint density at radius 2 is 1.71 bits per heavy atom. The van der Waals surface area contributed by atoms with Crippen LogP contribution < -0.4 is 9.64 Å². The Morgan fingerprint density at radius 1 is 1.03 bits per heavy atom. The predicted octanol–water partition coefficient (Wildman–Crippen LogP) is 6.98. The highest BCUT2D eigenvalue weighted by molar-refractivity contribution is 6.52. The summed E-state index contributed by atoms with van der Waals surface area (Å²) in [5, 5.41) is 11.5. The van der Waals surface area contributed by atoms with Gasteiger partial charge < -0.3 is 9.84 Å². The normalized spacial score (nSPS) is 17.2. The fraction of sp³-hybridized carbons (Fsp3) is 0.154. The van der Waals surface area contributed by atoms with E-state index in [4.69, 9.17) is 39.5 Å². The average molecular weight is 535 g/mol. The molecular formula is C26H19Cl3FNO4. The van der Waals surface area contributed by atoms with Gasteiger partial charge in [-0.05, 0) is 47.9 Å². The highest BCUT2D eigenvalue weighted by Gasteiger charge is 2.47. The number of nitrogens with zero attached hydrogens (tertiary/aromatic N) is 1. The number of carbonyl (C=O) groups is 2. The van der Waals surface area contributed by atoms with E-state index in [1.54, 1.807) is 12.1 Å². The number of benzene rings is 3. The predicted molar refractivity (Wildman–Crippen MR) is 135 cm³/mol. The van der Waals surface area contributed by atoms with Gasteiger partial charge >= 0.3 is 0 Å². The van der Waals surface area contributed by atoms with Crippen LogP contribution >= 0.6 is 34.8 Å². The monoisotopic (exact) mass is 533 g/mol. The molecule has 1 atom stereocenters. The lowest BCUT2D eigenvalue weighted by Crippen LogP contribution is -2.29. The van der Waals surface area contributed by atoms with Crippen molar-refractivity contribution >= 4 is 57.9 Å². The molecule has 0 radical (unpaired) electrons. The molecule has 1 heterocycles. The van der Waals surface area contributed by atoms with Crippen LogP contribution in [0, 0.1) is 5.82 Å². The van der Waals surface area contributed by atoms with Crippen LogP contribution in [0.3, 0.4) is 0 Å². The van der Waals surface area contributed by atoms with E-state index in [9.17, 15) is 19.1 Å². The molecule has 3 aromatic rings. The average Bonchev–Trinajstić information content (AvgIpc) is 3.10. The Balaban J connectivity index is 2.00. The van der Waals surface area contributed by atoms with Crippen molar-refractivity contribution in [3.8, 4) is 5.75 Å². The van der Waals surface area contributed by atoms with Crippen molar-refractivity contribution in [2.45, 2.75) is 19.4 Å². The smallest absolute Gasteiger partial charge is 0.300 e. The molecular weight excluding hydrogens is 516 g/mol. The quantitative estimate of drug-likeness (QED) is 0.218. The van der Waals surface area contributed by atoms with E-state index in [1.807, 2.05) is 19.1 Å². The number of anilines is 1. The second-order valence-corrected chi connectivity index (χ2v) is 9.08. The van der Waals surface area contributed by atoms with Gasteiger partial charge in [-0.15, -0.1) is 0 Å². The molecule has 1 aliphatic heterocycles. The fourth-order valence-corrected chi connectivity index (χ4v) is 4.82. The first-order valence-electron chi connectivity index (χ1n) is 10.6. The highest BCUT2D eigenvalue weighted by Crippen LogP contribution is 2.45. The molecule has 35 heavy (non-hydrogen) atoms. The van der Waals surface area contributed by atoms with Gasteiger partial charge in [-0.1, -0.05) is 66.0 Å². The summed E-state index contributed by atoms with van der Waals surface area (Å²) in [4.78, 5) is 27.7. The molecule has 5 nitrogen and oxygen atoms in total. The van der Waals surface area contributed by atoms with Crippen molar-refractivity contribution in [1.29, 1.82) is 0 Å². The summed E-state index contributed by atoms with van der Waals surface area (Å²) >= 11 is 18.4. The third kappa shape index (κ3) is 4.49. The van der Waals surface area contributed by atoms with Gasteiger partial charge in [0.1, 0.15) is 17.3 Å². The number of Topliss-reactive ketones (excluding diaryl/α,β-unsaturated/α-hetero) is 1. The number of amides is 1. The van der Waals surface area contributed by atoms with Gasteiger partial charge in [0.05, 0.1) is 34.3 Å². The lowest BCUT2D eigenvalue weighted by molar-refractivity contribution is -0.132. The molecule has 3 aromatic carbocycles. The van der Waals surface area contributed by atoms with E-state index in [0.29, 0.717) is 5.56 Å². The summed E-state index contributed by atoms with van der Waals surface area (Å²) in [5.74, 6) is -2.94. The Kier molecular flexibility index (Phi) is 7.08. The Morgan fingerprint density at radius 3 is 2.31 bits per heavy atom. The molecule has 180 valence electrons. The molecule has 1 N–H and O–H groups in total. The fourth-order valence-electron chi connectivity index (χ4n) is 4.07. The first-order chi connectivity index (χ1) is 16.7. The summed E-state index contributed by atoms with van der Waals surface area (Å²) in [6, 6.07) is 12.8. The maximum Gasteiger partial charge on any atom is 0.300 e. The van der Waals surface area contributed by atoms with Gasteiger partial charge in [0.15, 0.2) is 0 Å². The lowest BCUT2D eigenvalue weighted by Gasteiger charge is -2.26. The zero-order valence-electron chi connectivity index (χ0n) is 18.6. The molecule has 9 heteroatoms. The summed E-state index contributed by atoms with van der Waals surface area (Å²) in [6.07, 6.45) is 0.784. The van der Waals surface area contributed by atoms with Crippen molar-refractivity contribution in [2.24, 2.45) is 0 Å². The number of halogens is 4. The minimum absolute atomic E-state index is 0.0512. The minimum atomic E-state index is -1.04. The second kappa shape index (κ2) is 9.90. The molecule has 4 rings (SSSR count). The number of aryl methyl sites for hydroxylation is 1. The van der Waals surface area contributed by atoms with Gasteiger partial charge in [0.25, 0.3) is 11.7 Å². The summed E-state index contributed by atoms with van der Waals surface area (Å²) in [5.41, 5.74) is 1.64. The number of hydrogen-bond acceptors (Lipinski definition) is 4. The summed E-state index contributed by atoms with van der Waals surface area (Å²) in [6.45, 7) is 2.00. The number of hydrogen-bond donors (Lipinski definition) is 1. The van der Waals surface area contributed by atoms with E-state index in [-0.39, 0.29) is 37.6 Å². The van der Waals surface area contributed by atoms with Crippen LogP contribution in [0.25, 0.3) is 5.76 Å². The first kappa shape index (κ1) is 25.0. The van der Waals surface area contributed by atoms with Gasteiger partial charge in [0, 0.05) is 10.7 Å². The maximum absolute atomic E-state index is 13.9. The summed E-state index contributed by atoms with van der Waals surface area (Å²) < 4.78 is 19.2. The number of ketones is 1. The van der Waals surface area contributed by atoms with Crippen molar-refractivity contribution in [2.75, 3.05) is 12.0 Å². The molecule has 0 aromatic heterocycles. The van der Waals surface area contributed by atoms with Crippen LogP contribution in [0.4, 0.5) is 10.1 Å². The van der Waals surface area contributed by atoms with Gasteiger partial charge in [-0.3, -0.25) is 14.5 Å². The van der Waals surface area contributed by atoms with Crippen LogP contribution in [-0.4, -0.2) is 23.9 Å². The SMILES string of the molecule is CCc1ccc(C2/C(=C(\O)c3cc(Cl)cc(Cl)c3OC)C(=O)C(=O)N2c2ccc(F)c(Cl)c2)cc1. The number of methoxy groups -OCH3 is 1. The molecule has 1 fully saturated rings. The molecule has 0 spiro atoms. The van der Waals surface area contributed by atoms with Crippen molar-refractivity contribution in [3.63, 3.8) is 0 Å². The molecule has 0 aliphatic carbocycles. The van der Waals surface area contributed by atoms with Crippen molar-refractivity contribution in [1.82, 2.24) is 0 Å². The summed E-state index contributed by atoms with van der Waals surface area (Å²) in [7, 11) is 1.35. The standard InChI is InChI=1S/C26H19Cl3FNO4/c1-3-13-4-6-14(7-5-13)22-21(23(32)17-10-15(27)11-19(29)25(17)35-2)24(33)26(34)31(22)16-8-9-20(30)18(28)12-16/h4-12,22,32H,3H2,1-2H3/b23-21+. The zero-order chi connectivity index (χ0) is 25.4. The van der Waals surface area contributed by atoms with Crippen LogP contribution in [0.15, 0.2) is 60.2 Å². The molecule has 1 aliphatic rings. The Labute approximate surface area is 216 Å². The number of aliphatic hydroxyl groups is 1. The van der Waals surface area contributed by atoms with E-state index < -0.39 is 29.3 Å². The zero-order valence-corrected chi connectivity index (χ0v) is 20.9. The molecule has 0 bridgehead atoms. The largest absolute Gasteiger partial charge is 0.507 e. The van der Waals surface area contributed by atoms with Crippen LogP contribution in [0.5, 0.6) is 5.75 Å². The topological polar surface area (TPSA) is 66.8 Å². The number of rotatable bonds is 5. The Hall–Kier alpha value is -3.06. The number of aliphatic hydroxyl groups excluding tert-OH is 1. The minimum Gasteiger partial charge on any atom is -0.507 e. The van der Waals surface area contributed by atoms with Crippen LogP contribution in [0.1, 0.15) is 29.7 Å². The maximum atomic E-state index is 13.9. The third-order valence-electron chi connectivity index (χ3n) is 5.80. The molecule has 1 amide bonds. The van der Waals surface area contributed by atoms with Gasteiger partial charge in [-0.25, -0.2) is 4.39 Å². The molecule has 1 saturated heterocycles. The molecule has 0 saturated carbocycles.